The molecule has 0 aromatic heterocycles. The number of carbonyl (C=O) groups is 1. The number of carbonyl (C=O) groups excluding carboxylic acids is 1. The van der Waals surface area contributed by atoms with Crippen LogP contribution >= 0.6 is 0 Å². The lowest BCUT2D eigenvalue weighted by atomic mass is 10.2. The van der Waals surface area contributed by atoms with Crippen LogP contribution in [0.1, 0.15) is 20.3 Å². The average molecular weight is 167 g/mol. The lowest BCUT2D eigenvalue weighted by molar-refractivity contribution is -0.137. The molecule has 1 aliphatic heterocycles. The molecule has 4 heteroatoms. The molecule has 0 saturated heterocycles. The maximum absolute atomic E-state index is 11.2. The molecule has 0 bridgehead atoms. The van der Waals surface area contributed by atoms with Gasteiger partial charge in [0.15, 0.2) is 0 Å². The molecule has 0 unspecified atom stereocenters. The van der Waals surface area contributed by atoms with Gasteiger partial charge in [-0.3, -0.25) is 0 Å². The van der Waals surface area contributed by atoms with E-state index >= 15 is 0 Å². The fraction of sp³-hybridized carbons (Fsp3) is 0.500. The van der Waals surface area contributed by atoms with Crippen LogP contribution in [-0.2, 0) is 9.53 Å². The number of ether oxygens (including phenoxy) is 1. The van der Waals surface area contributed by atoms with Crippen LogP contribution in [0.2, 0.25) is 0 Å². The predicted octanol–water partition coefficient (Wildman–Crippen LogP) is 0.817. The molecule has 1 radical (unpaired) electrons. The third kappa shape index (κ3) is 1.64. The Kier molecular flexibility index (Phi) is 2.85. The molecule has 0 aliphatic carbocycles. The van der Waals surface area contributed by atoms with E-state index in [2.05, 4.69) is 10.5 Å². The SMILES string of the molecule is CCOC(=O)C1=C(CC)[N]N=C1. The minimum absolute atomic E-state index is 0.334. The standard InChI is InChI=1S/C8H11N2O2/c1-3-7-6(5-9-10-7)8(11)12-4-2/h5H,3-4H2,1-2H3. The summed E-state index contributed by atoms with van der Waals surface area (Å²) < 4.78 is 4.81. The van der Waals surface area contributed by atoms with E-state index in [9.17, 15) is 4.79 Å². The van der Waals surface area contributed by atoms with Crippen molar-refractivity contribution in [3.8, 4) is 0 Å². The molecule has 1 heterocycles. The topological polar surface area (TPSA) is 52.8 Å². The van der Waals surface area contributed by atoms with E-state index in [-0.39, 0.29) is 5.97 Å². The highest BCUT2D eigenvalue weighted by Gasteiger charge is 2.18. The van der Waals surface area contributed by atoms with Gasteiger partial charge in [0, 0.05) is 0 Å². The number of esters is 1. The van der Waals surface area contributed by atoms with Gasteiger partial charge >= 0.3 is 5.97 Å². The van der Waals surface area contributed by atoms with Gasteiger partial charge in [0.1, 0.15) is 5.57 Å². The number of hydrogen-bond acceptors (Lipinski definition) is 3. The van der Waals surface area contributed by atoms with E-state index in [0.29, 0.717) is 24.3 Å². The van der Waals surface area contributed by atoms with Crippen molar-refractivity contribution >= 4 is 12.2 Å². The van der Waals surface area contributed by atoms with E-state index in [1.54, 1.807) is 6.92 Å². The molecule has 0 amide bonds. The van der Waals surface area contributed by atoms with Crippen LogP contribution in [0.3, 0.4) is 0 Å². The first kappa shape index (κ1) is 8.77. The highest BCUT2D eigenvalue weighted by atomic mass is 16.5. The van der Waals surface area contributed by atoms with Gasteiger partial charge in [0.05, 0.1) is 18.5 Å². The monoisotopic (exact) mass is 167 g/mol. The van der Waals surface area contributed by atoms with E-state index in [0.717, 1.165) is 0 Å². The van der Waals surface area contributed by atoms with Crippen molar-refractivity contribution in [1.82, 2.24) is 5.43 Å². The fourth-order valence-corrected chi connectivity index (χ4v) is 0.925. The van der Waals surface area contributed by atoms with Gasteiger partial charge in [-0.15, -0.1) is 0 Å². The second-order valence-corrected chi connectivity index (χ2v) is 2.28. The first-order valence-corrected chi connectivity index (χ1v) is 3.94. The van der Waals surface area contributed by atoms with Crippen molar-refractivity contribution < 1.29 is 9.53 Å². The molecule has 0 spiro atoms. The van der Waals surface area contributed by atoms with Gasteiger partial charge in [-0.2, -0.15) is 10.5 Å². The molecule has 0 aromatic carbocycles. The lowest BCUT2D eigenvalue weighted by Gasteiger charge is -2.00. The van der Waals surface area contributed by atoms with E-state index in [4.69, 9.17) is 4.74 Å². The predicted molar refractivity (Wildman–Crippen MR) is 44.6 cm³/mol. The van der Waals surface area contributed by atoms with Gasteiger partial charge in [-0.1, -0.05) is 6.92 Å². The fourth-order valence-electron chi connectivity index (χ4n) is 0.925. The Morgan fingerprint density at radius 1 is 1.58 bits per heavy atom. The van der Waals surface area contributed by atoms with Crippen LogP contribution in [0.4, 0.5) is 0 Å². The van der Waals surface area contributed by atoms with E-state index < -0.39 is 0 Å². The van der Waals surface area contributed by atoms with Gasteiger partial charge < -0.3 is 4.74 Å². The molecule has 0 N–H and O–H groups in total. The van der Waals surface area contributed by atoms with Crippen molar-refractivity contribution in [3.05, 3.63) is 11.3 Å². The molecule has 0 saturated carbocycles. The minimum atomic E-state index is -0.334. The van der Waals surface area contributed by atoms with Gasteiger partial charge in [0.25, 0.3) is 0 Å². The lowest BCUT2D eigenvalue weighted by Crippen LogP contribution is -2.09. The van der Waals surface area contributed by atoms with Crippen LogP contribution in [-0.4, -0.2) is 18.8 Å². The number of allylic oxidation sites excluding steroid dienone is 1. The van der Waals surface area contributed by atoms with Crippen LogP contribution in [0, 0.1) is 0 Å². The normalized spacial score (nSPS) is 14.8. The van der Waals surface area contributed by atoms with E-state index in [1.165, 1.54) is 6.21 Å². The quantitative estimate of drug-likeness (QED) is 0.584. The molecular formula is C8H11N2O2. The zero-order chi connectivity index (χ0) is 8.97. The third-order valence-electron chi connectivity index (χ3n) is 1.51. The Morgan fingerprint density at radius 2 is 2.33 bits per heavy atom. The largest absolute Gasteiger partial charge is 0.462 e. The maximum Gasteiger partial charge on any atom is 0.341 e. The van der Waals surface area contributed by atoms with Crippen molar-refractivity contribution in [3.63, 3.8) is 0 Å². The molecule has 12 heavy (non-hydrogen) atoms. The molecule has 4 nitrogen and oxygen atoms in total. The zero-order valence-corrected chi connectivity index (χ0v) is 7.20. The molecule has 0 fully saturated rings. The molecule has 1 aliphatic rings. The van der Waals surface area contributed by atoms with Crippen LogP contribution in [0.15, 0.2) is 16.4 Å². The Morgan fingerprint density at radius 3 is 2.92 bits per heavy atom. The van der Waals surface area contributed by atoms with Gasteiger partial charge in [-0.05, 0) is 13.3 Å². The highest BCUT2D eigenvalue weighted by molar-refractivity contribution is 6.11. The second-order valence-electron chi connectivity index (χ2n) is 2.28. The Labute approximate surface area is 71.3 Å². The summed E-state index contributed by atoms with van der Waals surface area (Å²) in [5.41, 5.74) is 4.97. The summed E-state index contributed by atoms with van der Waals surface area (Å²) in [6.45, 7) is 4.08. The smallest absolute Gasteiger partial charge is 0.341 e. The Bertz CT molecular complexity index is 243. The summed E-state index contributed by atoms with van der Waals surface area (Å²) in [5.74, 6) is -0.334. The van der Waals surface area contributed by atoms with Gasteiger partial charge in [-0.25, -0.2) is 4.79 Å². The average Bonchev–Trinajstić information content (AvgIpc) is 2.51. The number of nitrogens with zero attached hydrogens (tertiary/aromatic N) is 2. The Balaban J connectivity index is 2.71. The number of hydrogen-bond donors (Lipinski definition) is 0. The molecular weight excluding hydrogens is 156 g/mol. The Hall–Kier alpha value is -1.32. The van der Waals surface area contributed by atoms with Crippen LogP contribution in [0.5, 0.6) is 0 Å². The van der Waals surface area contributed by atoms with Crippen molar-refractivity contribution in [2.24, 2.45) is 5.10 Å². The van der Waals surface area contributed by atoms with Gasteiger partial charge in [0.2, 0.25) is 0 Å². The summed E-state index contributed by atoms with van der Waals surface area (Å²) >= 11 is 0. The van der Waals surface area contributed by atoms with E-state index in [1.807, 2.05) is 6.92 Å². The first-order valence-electron chi connectivity index (χ1n) is 3.94. The molecule has 0 aromatic rings. The highest BCUT2D eigenvalue weighted by Crippen LogP contribution is 2.11. The van der Waals surface area contributed by atoms with Crippen LogP contribution in [0.25, 0.3) is 0 Å². The third-order valence-corrected chi connectivity index (χ3v) is 1.51. The van der Waals surface area contributed by atoms with Crippen LogP contribution < -0.4 is 5.43 Å². The molecule has 1 rings (SSSR count). The first-order chi connectivity index (χ1) is 5.79. The summed E-state index contributed by atoms with van der Waals surface area (Å²) in [5, 5.41) is 3.65. The zero-order valence-electron chi connectivity index (χ0n) is 7.20. The summed E-state index contributed by atoms with van der Waals surface area (Å²) in [6, 6.07) is 0. The minimum Gasteiger partial charge on any atom is -0.462 e. The summed E-state index contributed by atoms with van der Waals surface area (Å²) in [7, 11) is 0. The summed E-state index contributed by atoms with van der Waals surface area (Å²) in [4.78, 5) is 11.2. The molecule has 0 atom stereocenters. The van der Waals surface area contributed by atoms with Crippen molar-refractivity contribution in [2.45, 2.75) is 20.3 Å². The number of rotatable bonds is 3. The second kappa shape index (κ2) is 3.90. The molecule has 65 valence electrons. The summed E-state index contributed by atoms with van der Waals surface area (Å²) in [6.07, 6.45) is 2.14. The van der Waals surface area contributed by atoms with Crippen molar-refractivity contribution in [1.29, 1.82) is 0 Å². The maximum atomic E-state index is 11.2. The van der Waals surface area contributed by atoms with Crippen molar-refractivity contribution in [2.75, 3.05) is 6.61 Å².